The molecular formula is C15H20N4. The summed E-state index contributed by atoms with van der Waals surface area (Å²) in [6.45, 7) is 5.09. The quantitative estimate of drug-likeness (QED) is 0.829. The Labute approximate surface area is 114 Å². The van der Waals surface area contributed by atoms with Crippen molar-refractivity contribution >= 4 is 17.3 Å². The van der Waals surface area contributed by atoms with Crippen LogP contribution in [0.2, 0.25) is 0 Å². The summed E-state index contributed by atoms with van der Waals surface area (Å²) in [6, 6.07) is 10.1. The molecule has 0 fully saturated rings. The normalized spacial score (nSPS) is 10.2. The largest absolute Gasteiger partial charge is 0.370 e. The van der Waals surface area contributed by atoms with Crippen LogP contribution in [0, 0.1) is 0 Å². The van der Waals surface area contributed by atoms with E-state index < -0.39 is 0 Å². The molecule has 0 radical (unpaired) electrons. The van der Waals surface area contributed by atoms with E-state index in [-0.39, 0.29) is 0 Å². The van der Waals surface area contributed by atoms with Crippen LogP contribution >= 0.6 is 0 Å². The van der Waals surface area contributed by atoms with Crippen LogP contribution in [-0.4, -0.2) is 16.5 Å². The van der Waals surface area contributed by atoms with Gasteiger partial charge in [0.2, 0.25) is 0 Å². The number of aromatic nitrogens is 2. The third-order valence-electron chi connectivity index (χ3n) is 2.83. The summed E-state index contributed by atoms with van der Waals surface area (Å²) >= 11 is 0. The lowest BCUT2D eigenvalue weighted by Crippen LogP contribution is -2.08. The first-order valence-corrected chi connectivity index (χ1v) is 6.75. The van der Waals surface area contributed by atoms with Gasteiger partial charge < -0.3 is 10.6 Å². The second kappa shape index (κ2) is 6.73. The van der Waals surface area contributed by atoms with E-state index in [9.17, 15) is 0 Å². The van der Waals surface area contributed by atoms with E-state index in [2.05, 4.69) is 34.4 Å². The Hall–Kier alpha value is -2.10. The standard InChI is InChI=1S/C15H20N4/c1-3-8-13-14(16-4-2)17-11-18-15(13)19-12-9-6-5-7-10-12/h5-7,9-11H,3-4,8H2,1-2H3,(H2,16,17,18,19). The molecule has 0 aliphatic rings. The van der Waals surface area contributed by atoms with E-state index in [4.69, 9.17) is 0 Å². The molecule has 1 heterocycles. The van der Waals surface area contributed by atoms with E-state index in [0.717, 1.165) is 42.3 Å². The van der Waals surface area contributed by atoms with E-state index in [0.29, 0.717) is 0 Å². The third kappa shape index (κ3) is 3.44. The molecule has 0 atom stereocenters. The topological polar surface area (TPSA) is 49.8 Å². The van der Waals surface area contributed by atoms with Gasteiger partial charge >= 0.3 is 0 Å². The second-order valence-electron chi connectivity index (χ2n) is 4.32. The summed E-state index contributed by atoms with van der Waals surface area (Å²) in [7, 11) is 0. The molecule has 0 aliphatic carbocycles. The van der Waals surface area contributed by atoms with Gasteiger partial charge in [0.15, 0.2) is 0 Å². The molecule has 2 rings (SSSR count). The first kappa shape index (κ1) is 13.3. The predicted octanol–water partition coefficient (Wildman–Crippen LogP) is 3.60. The van der Waals surface area contributed by atoms with Crippen LogP contribution in [-0.2, 0) is 6.42 Å². The molecule has 100 valence electrons. The highest BCUT2D eigenvalue weighted by Crippen LogP contribution is 2.24. The molecule has 0 saturated carbocycles. The number of rotatable bonds is 6. The van der Waals surface area contributed by atoms with Gasteiger partial charge in [-0.3, -0.25) is 0 Å². The van der Waals surface area contributed by atoms with Crippen molar-refractivity contribution in [2.75, 3.05) is 17.2 Å². The minimum absolute atomic E-state index is 0.860. The molecule has 4 heteroatoms. The summed E-state index contributed by atoms with van der Waals surface area (Å²) in [4.78, 5) is 8.70. The third-order valence-corrected chi connectivity index (χ3v) is 2.83. The monoisotopic (exact) mass is 256 g/mol. The van der Waals surface area contributed by atoms with E-state index in [1.807, 2.05) is 30.3 Å². The lowest BCUT2D eigenvalue weighted by molar-refractivity contribution is 0.902. The molecule has 0 amide bonds. The second-order valence-corrected chi connectivity index (χ2v) is 4.32. The van der Waals surface area contributed by atoms with Gasteiger partial charge in [-0.05, 0) is 25.5 Å². The number of nitrogens with zero attached hydrogens (tertiary/aromatic N) is 2. The molecule has 19 heavy (non-hydrogen) atoms. The zero-order valence-electron chi connectivity index (χ0n) is 11.5. The van der Waals surface area contributed by atoms with Crippen LogP contribution in [0.3, 0.4) is 0 Å². The summed E-state index contributed by atoms with van der Waals surface area (Å²) in [5.41, 5.74) is 2.19. The van der Waals surface area contributed by atoms with Crippen LogP contribution in [0.4, 0.5) is 17.3 Å². The summed E-state index contributed by atoms with van der Waals surface area (Å²) in [5.74, 6) is 1.82. The lowest BCUT2D eigenvalue weighted by Gasteiger charge is -2.14. The van der Waals surface area contributed by atoms with Gasteiger partial charge in [0, 0.05) is 17.8 Å². The average Bonchev–Trinajstić information content (AvgIpc) is 2.44. The van der Waals surface area contributed by atoms with E-state index in [1.54, 1.807) is 6.33 Å². The molecule has 0 spiro atoms. The van der Waals surface area contributed by atoms with Crippen LogP contribution in [0.15, 0.2) is 36.7 Å². The van der Waals surface area contributed by atoms with Crippen molar-refractivity contribution in [1.29, 1.82) is 0 Å². The Morgan fingerprint density at radius 1 is 1.00 bits per heavy atom. The number of para-hydroxylation sites is 1. The molecular weight excluding hydrogens is 236 g/mol. The highest BCUT2D eigenvalue weighted by atomic mass is 15.1. The first-order valence-electron chi connectivity index (χ1n) is 6.75. The Balaban J connectivity index is 2.30. The van der Waals surface area contributed by atoms with Crippen molar-refractivity contribution in [3.05, 3.63) is 42.2 Å². The van der Waals surface area contributed by atoms with Gasteiger partial charge in [0.1, 0.15) is 18.0 Å². The van der Waals surface area contributed by atoms with Crippen molar-refractivity contribution in [2.24, 2.45) is 0 Å². The fraction of sp³-hybridized carbons (Fsp3) is 0.333. The molecule has 2 aromatic rings. The average molecular weight is 256 g/mol. The highest BCUT2D eigenvalue weighted by Gasteiger charge is 2.10. The predicted molar refractivity (Wildman–Crippen MR) is 79.9 cm³/mol. The maximum atomic E-state index is 4.37. The van der Waals surface area contributed by atoms with E-state index in [1.165, 1.54) is 0 Å². The van der Waals surface area contributed by atoms with Gasteiger partial charge in [-0.15, -0.1) is 0 Å². The number of anilines is 3. The summed E-state index contributed by atoms with van der Waals surface area (Å²) in [5, 5.41) is 6.66. The molecule has 4 nitrogen and oxygen atoms in total. The van der Waals surface area contributed by atoms with Crippen molar-refractivity contribution in [2.45, 2.75) is 26.7 Å². The number of nitrogens with one attached hydrogen (secondary N) is 2. The highest BCUT2D eigenvalue weighted by molar-refractivity contribution is 5.64. The summed E-state index contributed by atoms with van der Waals surface area (Å²) in [6.07, 6.45) is 3.62. The molecule has 0 unspecified atom stereocenters. The van der Waals surface area contributed by atoms with Crippen LogP contribution in [0.5, 0.6) is 0 Å². The maximum absolute atomic E-state index is 4.37. The van der Waals surface area contributed by atoms with Gasteiger partial charge in [-0.1, -0.05) is 31.5 Å². The Morgan fingerprint density at radius 3 is 2.42 bits per heavy atom. The molecule has 1 aromatic carbocycles. The van der Waals surface area contributed by atoms with Gasteiger partial charge in [-0.25, -0.2) is 9.97 Å². The smallest absolute Gasteiger partial charge is 0.139 e. The zero-order chi connectivity index (χ0) is 13.5. The fourth-order valence-corrected chi connectivity index (χ4v) is 1.98. The van der Waals surface area contributed by atoms with E-state index >= 15 is 0 Å². The van der Waals surface area contributed by atoms with Crippen molar-refractivity contribution in [3.63, 3.8) is 0 Å². The minimum Gasteiger partial charge on any atom is -0.370 e. The molecule has 0 bridgehead atoms. The van der Waals surface area contributed by atoms with Crippen molar-refractivity contribution < 1.29 is 0 Å². The van der Waals surface area contributed by atoms with Crippen molar-refractivity contribution in [1.82, 2.24) is 9.97 Å². The van der Waals surface area contributed by atoms with Crippen LogP contribution in [0.1, 0.15) is 25.8 Å². The molecule has 0 saturated heterocycles. The Kier molecular flexibility index (Phi) is 4.72. The van der Waals surface area contributed by atoms with Crippen LogP contribution in [0.25, 0.3) is 0 Å². The maximum Gasteiger partial charge on any atom is 0.139 e. The Morgan fingerprint density at radius 2 is 1.74 bits per heavy atom. The lowest BCUT2D eigenvalue weighted by atomic mass is 10.1. The first-order chi connectivity index (χ1) is 9.35. The molecule has 2 N–H and O–H groups in total. The van der Waals surface area contributed by atoms with Crippen LogP contribution < -0.4 is 10.6 Å². The fourth-order valence-electron chi connectivity index (χ4n) is 1.98. The van der Waals surface area contributed by atoms with Gasteiger partial charge in [0.25, 0.3) is 0 Å². The molecule has 0 aliphatic heterocycles. The zero-order valence-corrected chi connectivity index (χ0v) is 11.5. The number of benzene rings is 1. The van der Waals surface area contributed by atoms with Gasteiger partial charge in [0.05, 0.1) is 0 Å². The van der Waals surface area contributed by atoms with Crippen molar-refractivity contribution in [3.8, 4) is 0 Å². The Bertz CT molecular complexity index is 511. The van der Waals surface area contributed by atoms with Gasteiger partial charge in [-0.2, -0.15) is 0 Å². The SMILES string of the molecule is CCCc1c(NCC)ncnc1Nc1ccccc1. The minimum atomic E-state index is 0.860. The molecule has 1 aromatic heterocycles. The summed E-state index contributed by atoms with van der Waals surface area (Å²) < 4.78 is 0. The number of hydrogen-bond donors (Lipinski definition) is 2. The number of hydrogen-bond acceptors (Lipinski definition) is 4.